The Balaban J connectivity index is 2.11. The summed E-state index contributed by atoms with van der Waals surface area (Å²) in [6.45, 7) is 7.61. The van der Waals surface area contributed by atoms with Crippen molar-refractivity contribution >= 4 is 5.78 Å². The summed E-state index contributed by atoms with van der Waals surface area (Å²) in [4.78, 5) is 12.0. The van der Waals surface area contributed by atoms with E-state index in [0.29, 0.717) is 0 Å². The van der Waals surface area contributed by atoms with Gasteiger partial charge in [-0.2, -0.15) is 0 Å². The number of hydrogen-bond acceptors (Lipinski definition) is 3. The van der Waals surface area contributed by atoms with Crippen molar-refractivity contribution in [2.45, 2.75) is 40.3 Å². The maximum atomic E-state index is 12.0. The summed E-state index contributed by atoms with van der Waals surface area (Å²) in [5, 5.41) is 0. The van der Waals surface area contributed by atoms with Crippen LogP contribution in [-0.2, 0) is 9.47 Å². The van der Waals surface area contributed by atoms with Crippen LogP contribution >= 0.6 is 0 Å². The molecule has 0 amide bonds. The lowest BCUT2D eigenvalue weighted by Gasteiger charge is -2.34. The van der Waals surface area contributed by atoms with Crippen molar-refractivity contribution in [3.63, 3.8) is 0 Å². The SMILES string of the molecule is CC1OC(c2ccc(C(=O)C(C)(C)C)cc2)O1. The van der Waals surface area contributed by atoms with Crippen molar-refractivity contribution in [3.05, 3.63) is 35.4 Å². The summed E-state index contributed by atoms with van der Waals surface area (Å²) in [6, 6.07) is 7.43. The molecule has 0 N–H and O–H groups in total. The molecular formula is C14H18O3. The average Bonchev–Trinajstić information content (AvgIpc) is 2.23. The minimum absolute atomic E-state index is 0.129. The van der Waals surface area contributed by atoms with Crippen LogP contribution in [0.1, 0.15) is 49.9 Å². The fourth-order valence-electron chi connectivity index (χ4n) is 1.74. The number of hydrogen-bond donors (Lipinski definition) is 0. The van der Waals surface area contributed by atoms with Crippen LogP contribution in [0.3, 0.4) is 0 Å². The van der Waals surface area contributed by atoms with E-state index in [-0.39, 0.29) is 23.8 Å². The number of rotatable bonds is 2. The smallest absolute Gasteiger partial charge is 0.189 e. The summed E-state index contributed by atoms with van der Waals surface area (Å²) in [5.41, 5.74) is 1.33. The van der Waals surface area contributed by atoms with E-state index in [4.69, 9.17) is 9.47 Å². The van der Waals surface area contributed by atoms with Crippen molar-refractivity contribution in [1.82, 2.24) is 0 Å². The zero-order valence-corrected chi connectivity index (χ0v) is 10.7. The fourth-order valence-corrected chi connectivity index (χ4v) is 1.74. The molecule has 1 fully saturated rings. The topological polar surface area (TPSA) is 35.5 Å². The first-order valence-corrected chi connectivity index (χ1v) is 5.83. The van der Waals surface area contributed by atoms with Gasteiger partial charge in [0, 0.05) is 16.5 Å². The van der Waals surface area contributed by atoms with E-state index in [1.807, 2.05) is 52.0 Å². The molecule has 0 aliphatic carbocycles. The Hall–Kier alpha value is -1.19. The molecule has 0 spiro atoms. The molecule has 3 nitrogen and oxygen atoms in total. The van der Waals surface area contributed by atoms with Gasteiger partial charge in [-0.3, -0.25) is 4.79 Å². The summed E-state index contributed by atoms with van der Waals surface area (Å²) < 4.78 is 10.8. The molecule has 17 heavy (non-hydrogen) atoms. The second-order valence-electron chi connectivity index (χ2n) is 5.37. The summed E-state index contributed by atoms with van der Waals surface area (Å²) in [7, 11) is 0. The highest BCUT2D eigenvalue weighted by Gasteiger charge is 2.29. The highest BCUT2D eigenvalue weighted by atomic mass is 16.9. The number of ether oxygens (including phenoxy) is 2. The molecule has 92 valence electrons. The van der Waals surface area contributed by atoms with Crippen LogP contribution in [0.15, 0.2) is 24.3 Å². The summed E-state index contributed by atoms with van der Waals surface area (Å²) in [5.74, 6) is 0.146. The Bertz CT molecular complexity index is 408. The molecule has 0 unspecified atom stereocenters. The van der Waals surface area contributed by atoms with Crippen molar-refractivity contribution in [2.24, 2.45) is 5.41 Å². The molecular weight excluding hydrogens is 216 g/mol. The molecule has 1 heterocycles. The lowest BCUT2D eigenvalue weighted by atomic mass is 9.86. The van der Waals surface area contributed by atoms with Gasteiger partial charge in [0.2, 0.25) is 0 Å². The van der Waals surface area contributed by atoms with Crippen LogP contribution in [0.25, 0.3) is 0 Å². The molecule has 1 aromatic carbocycles. The third-order valence-electron chi connectivity index (χ3n) is 2.76. The van der Waals surface area contributed by atoms with Gasteiger partial charge >= 0.3 is 0 Å². The van der Waals surface area contributed by atoms with Gasteiger partial charge in [0.15, 0.2) is 18.4 Å². The molecule has 1 saturated heterocycles. The van der Waals surface area contributed by atoms with Gasteiger partial charge in [-0.15, -0.1) is 0 Å². The average molecular weight is 234 g/mol. The molecule has 2 rings (SSSR count). The monoisotopic (exact) mass is 234 g/mol. The Morgan fingerprint density at radius 1 is 1.12 bits per heavy atom. The van der Waals surface area contributed by atoms with Gasteiger partial charge in [-0.05, 0) is 6.92 Å². The van der Waals surface area contributed by atoms with Crippen molar-refractivity contribution in [1.29, 1.82) is 0 Å². The lowest BCUT2D eigenvalue weighted by molar-refractivity contribution is -0.382. The molecule has 0 bridgehead atoms. The molecule has 1 aliphatic heterocycles. The van der Waals surface area contributed by atoms with Gasteiger partial charge in [-0.25, -0.2) is 0 Å². The van der Waals surface area contributed by atoms with E-state index in [9.17, 15) is 4.79 Å². The molecule has 0 aromatic heterocycles. The number of ketones is 1. The molecule has 0 radical (unpaired) electrons. The minimum atomic E-state index is -0.348. The Morgan fingerprint density at radius 2 is 1.65 bits per heavy atom. The van der Waals surface area contributed by atoms with Crippen molar-refractivity contribution in [2.75, 3.05) is 0 Å². The first kappa shape index (κ1) is 12.3. The van der Waals surface area contributed by atoms with Crippen LogP contribution in [0.2, 0.25) is 0 Å². The Labute approximate surface area is 102 Å². The molecule has 1 aromatic rings. The lowest BCUT2D eigenvalue weighted by Crippen LogP contribution is -2.31. The molecule has 0 saturated carbocycles. The van der Waals surface area contributed by atoms with E-state index in [1.54, 1.807) is 0 Å². The largest absolute Gasteiger partial charge is 0.320 e. The second-order valence-corrected chi connectivity index (χ2v) is 5.37. The quantitative estimate of drug-likeness (QED) is 0.736. The van der Waals surface area contributed by atoms with Gasteiger partial charge < -0.3 is 9.47 Å². The third-order valence-corrected chi connectivity index (χ3v) is 2.76. The second kappa shape index (κ2) is 4.24. The standard InChI is InChI=1S/C14H18O3/c1-9-16-13(17-9)11-7-5-10(6-8-11)12(15)14(2,3)4/h5-9,13H,1-4H3. The van der Waals surface area contributed by atoms with Crippen LogP contribution in [-0.4, -0.2) is 12.1 Å². The Kier molecular flexibility index (Phi) is 3.06. The highest BCUT2D eigenvalue weighted by molar-refractivity contribution is 5.99. The summed E-state index contributed by atoms with van der Waals surface area (Å²) in [6.07, 6.45) is -0.403. The Morgan fingerprint density at radius 3 is 2.06 bits per heavy atom. The van der Waals surface area contributed by atoms with Crippen molar-refractivity contribution < 1.29 is 14.3 Å². The number of carbonyl (C=O) groups is 1. The van der Waals surface area contributed by atoms with E-state index in [1.165, 1.54) is 0 Å². The predicted molar refractivity (Wildman–Crippen MR) is 64.6 cm³/mol. The van der Waals surface area contributed by atoms with E-state index < -0.39 is 0 Å². The van der Waals surface area contributed by atoms with Crippen LogP contribution in [0.5, 0.6) is 0 Å². The number of benzene rings is 1. The van der Waals surface area contributed by atoms with Gasteiger partial charge in [0.1, 0.15) is 0 Å². The maximum absolute atomic E-state index is 12.0. The van der Waals surface area contributed by atoms with Crippen LogP contribution in [0.4, 0.5) is 0 Å². The van der Waals surface area contributed by atoms with Gasteiger partial charge in [0.05, 0.1) is 0 Å². The number of Topliss-reactive ketones (excluding diaryl/α,β-unsaturated/α-hetero) is 1. The van der Waals surface area contributed by atoms with E-state index in [0.717, 1.165) is 11.1 Å². The zero-order chi connectivity index (χ0) is 12.6. The van der Waals surface area contributed by atoms with Crippen LogP contribution < -0.4 is 0 Å². The summed E-state index contributed by atoms with van der Waals surface area (Å²) >= 11 is 0. The molecule has 1 aliphatic rings. The zero-order valence-electron chi connectivity index (χ0n) is 10.7. The predicted octanol–water partition coefficient (Wildman–Crippen LogP) is 3.31. The highest BCUT2D eigenvalue weighted by Crippen LogP contribution is 2.31. The van der Waals surface area contributed by atoms with Crippen molar-refractivity contribution in [3.8, 4) is 0 Å². The van der Waals surface area contributed by atoms with Gasteiger partial charge in [-0.1, -0.05) is 45.0 Å². The maximum Gasteiger partial charge on any atom is 0.189 e. The third kappa shape index (κ3) is 2.56. The first-order valence-electron chi connectivity index (χ1n) is 5.83. The van der Waals surface area contributed by atoms with Crippen LogP contribution in [0, 0.1) is 5.41 Å². The van der Waals surface area contributed by atoms with E-state index >= 15 is 0 Å². The minimum Gasteiger partial charge on any atom is -0.320 e. The molecule has 0 atom stereocenters. The van der Waals surface area contributed by atoms with E-state index in [2.05, 4.69) is 0 Å². The fraction of sp³-hybridized carbons (Fsp3) is 0.500. The number of carbonyl (C=O) groups excluding carboxylic acids is 1. The normalized spacial score (nSPS) is 24.2. The molecule has 3 heteroatoms. The van der Waals surface area contributed by atoms with Gasteiger partial charge in [0.25, 0.3) is 0 Å². The first-order chi connectivity index (χ1) is 7.88.